The molecule has 27 heavy (non-hydrogen) atoms. The second kappa shape index (κ2) is 7.66. The zero-order valence-electron chi connectivity index (χ0n) is 15.6. The summed E-state index contributed by atoms with van der Waals surface area (Å²) >= 11 is 1.68. The van der Waals surface area contributed by atoms with E-state index in [1.54, 1.807) is 16.0 Å². The quantitative estimate of drug-likeness (QED) is 0.677. The highest BCUT2D eigenvalue weighted by molar-refractivity contribution is 7.07. The molecule has 1 N–H and O–H groups in total. The van der Waals surface area contributed by atoms with E-state index in [9.17, 15) is 4.79 Å². The Morgan fingerprint density at radius 2 is 2.07 bits per heavy atom. The molecule has 140 valence electrons. The summed E-state index contributed by atoms with van der Waals surface area (Å²) in [5, 5.41) is 12.0. The van der Waals surface area contributed by atoms with Crippen LogP contribution in [-0.2, 0) is 0 Å². The summed E-state index contributed by atoms with van der Waals surface area (Å²) in [6, 6.07) is 14.1. The van der Waals surface area contributed by atoms with Crippen molar-refractivity contribution in [3.05, 3.63) is 70.2 Å². The SMILES string of the molecule is CN(C)C(CNC(=O)c1cc(C2CC2)nn1-c1ccccc1)c1ccsc1. The molecule has 1 saturated carbocycles. The number of carbonyl (C=O) groups is 1. The predicted octanol–water partition coefficient (Wildman–Crippen LogP) is 3.84. The first-order valence-electron chi connectivity index (χ1n) is 9.25. The molecule has 1 unspecified atom stereocenters. The maximum Gasteiger partial charge on any atom is 0.270 e. The molecule has 1 aliphatic rings. The van der Waals surface area contributed by atoms with Crippen LogP contribution >= 0.6 is 11.3 Å². The van der Waals surface area contributed by atoms with Gasteiger partial charge in [0, 0.05) is 12.5 Å². The van der Waals surface area contributed by atoms with Crippen LogP contribution in [0.2, 0.25) is 0 Å². The van der Waals surface area contributed by atoms with Crippen LogP contribution in [0.15, 0.2) is 53.2 Å². The number of rotatable bonds is 7. The van der Waals surface area contributed by atoms with Gasteiger partial charge in [-0.05, 0) is 67.5 Å². The Balaban J connectivity index is 1.56. The van der Waals surface area contributed by atoms with Gasteiger partial charge in [0.2, 0.25) is 0 Å². The normalized spacial score (nSPS) is 15.1. The smallest absolute Gasteiger partial charge is 0.270 e. The molecule has 3 aromatic rings. The lowest BCUT2D eigenvalue weighted by atomic mass is 10.1. The number of benzene rings is 1. The van der Waals surface area contributed by atoms with Gasteiger partial charge in [0.1, 0.15) is 5.69 Å². The van der Waals surface area contributed by atoms with E-state index in [4.69, 9.17) is 5.10 Å². The van der Waals surface area contributed by atoms with Crippen LogP contribution in [-0.4, -0.2) is 41.2 Å². The Morgan fingerprint density at radius 3 is 2.70 bits per heavy atom. The number of hydrogen-bond donors (Lipinski definition) is 1. The third kappa shape index (κ3) is 3.96. The predicted molar refractivity (Wildman–Crippen MR) is 109 cm³/mol. The highest BCUT2D eigenvalue weighted by atomic mass is 32.1. The highest BCUT2D eigenvalue weighted by Gasteiger charge is 2.29. The van der Waals surface area contributed by atoms with Crippen molar-refractivity contribution in [1.82, 2.24) is 20.0 Å². The average Bonchev–Trinajstić information content (AvgIpc) is 3.20. The first kappa shape index (κ1) is 17.9. The number of aromatic nitrogens is 2. The van der Waals surface area contributed by atoms with Crippen molar-refractivity contribution >= 4 is 17.2 Å². The number of amides is 1. The van der Waals surface area contributed by atoms with Crippen molar-refractivity contribution in [3.8, 4) is 5.69 Å². The van der Waals surface area contributed by atoms with Crippen LogP contribution in [0.4, 0.5) is 0 Å². The summed E-state index contributed by atoms with van der Waals surface area (Å²) in [4.78, 5) is 15.1. The van der Waals surface area contributed by atoms with E-state index >= 15 is 0 Å². The van der Waals surface area contributed by atoms with Crippen molar-refractivity contribution in [2.24, 2.45) is 0 Å². The van der Waals surface area contributed by atoms with Gasteiger partial charge < -0.3 is 10.2 Å². The van der Waals surface area contributed by atoms with E-state index in [-0.39, 0.29) is 11.9 Å². The number of thiophene rings is 1. The van der Waals surface area contributed by atoms with Crippen LogP contribution < -0.4 is 5.32 Å². The minimum Gasteiger partial charge on any atom is -0.349 e. The van der Waals surface area contributed by atoms with E-state index in [2.05, 4.69) is 27.0 Å². The first-order chi connectivity index (χ1) is 13.1. The van der Waals surface area contributed by atoms with E-state index in [1.165, 1.54) is 5.56 Å². The van der Waals surface area contributed by atoms with Crippen molar-refractivity contribution in [2.45, 2.75) is 24.8 Å². The van der Waals surface area contributed by atoms with Gasteiger partial charge in [-0.15, -0.1) is 0 Å². The Labute approximate surface area is 163 Å². The lowest BCUT2D eigenvalue weighted by Crippen LogP contribution is -2.35. The van der Waals surface area contributed by atoms with E-state index in [1.807, 2.05) is 50.5 Å². The molecule has 6 heteroatoms. The van der Waals surface area contributed by atoms with Gasteiger partial charge in [0.25, 0.3) is 5.91 Å². The molecule has 0 bridgehead atoms. The molecule has 1 fully saturated rings. The fourth-order valence-corrected chi connectivity index (χ4v) is 3.96. The molecule has 1 aliphatic carbocycles. The number of para-hydroxylation sites is 1. The van der Waals surface area contributed by atoms with Crippen molar-refractivity contribution in [2.75, 3.05) is 20.6 Å². The molecule has 5 nitrogen and oxygen atoms in total. The van der Waals surface area contributed by atoms with Gasteiger partial charge in [-0.25, -0.2) is 4.68 Å². The molecule has 1 atom stereocenters. The molecular weight excluding hydrogens is 356 g/mol. The van der Waals surface area contributed by atoms with Gasteiger partial charge in [-0.2, -0.15) is 16.4 Å². The number of nitrogens with one attached hydrogen (secondary N) is 1. The minimum atomic E-state index is -0.0830. The standard InChI is InChI=1S/C21H24N4OS/c1-24(2)20(16-10-11-27-14-16)13-22-21(26)19-12-18(15-8-9-15)23-25(19)17-6-4-3-5-7-17/h3-7,10-12,14-15,20H,8-9,13H2,1-2H3,(H,22,26). The fourth-order valence-electron chi connectivity index (χ4n) is 3.25. The number of carbonyl (C=O) groups excluding carboxylic acids is 1. The summed E-state index contributed by atoms with van der Waals surface area (Å²) in [6.07, 6.45) is 2.32. The summed E-state index contributed by atoms with van der Waals surface area (Å²) in [7, 11) is 4.07. The highest BCUT2D eigenvalue weighted by Crippen LogP contribution is 2.39. The summed E-state index contributed by atoms with van der Waals surface area (Å²) in [5.41, 5.74) is 3.76. The average molecular weight is 381 g/mol. The van der Waals surface area contributed by atoms with Gasteiger partial charge in [-0.1, -0.05) is 18.2 Å². The summed E-state index contributed by atoms with van der Waals surface area (Å²) < 4.78 is 1.78. The van der Waals surface area contributed by atoms with Gasteiger partial charge >= 0.3 is 0 Å². The summed E-state index contributed by atoms with van der Waals surface area (Å²) in [6.45, 7) is 0.557. The van der Waals surface area contributed by atoms with Crippen LogP contribution in [0.5, 0.6) is 0 Å². The maximum absolute atomic E-state index is 13.0. The van der Waals surface area contributed by atoms with Gasteiger partial charge in [0.15, 0.2) is 0 Å². The molecular formula is C21H24N4OS. The second-order valence-electron chi connectivity index (χ2n) is 7.22. The number of hydrogen-bond acceptors (Lipinski definition) is 4. The molecule has 0 saturated heterocycles. The number of likely N-dealkylation sites (N-methyl/N-ethyl adjacent to an activating group) is 1. The minimum absolute atomic E-state index is 0.0830. The summed E-state index contributed by atoms with van der Waals surface area (Å²) in [5.74, 6) is 0.419. The molecule has 1 aromatic carbocycles. The number of nitrogens with zero attached hydrogens (tertiary/aromatic N) is 3. The fraction of sp³-hybridized carbons (Fsp3) is 0.333. The third-order valence-corrected chi connectivity index (χ3v) is 5.67. The second-order valence-corrected chi connectivity index (χ2v) is 8.00. The zero-order chi connectivity index (χ0) is 18.8. The molecule has 0 radical (unpaired) electrons. The third-order valence-electron chi connectivity index (χ3n) is 4.96. The van der Waals surface area contributed by atoms with Gasteiger partial charge in [-0.3, -0.25) is 4.79 Å². The van der Waals surface area contributed by atoms with Crippen molar-refractivity contribution < 1.29 is 4.79 Å². The zero-order valence-corrected chi connectivity index (χ0v) is 16.4. The molecule has 1 amide bonds. The van der Waals surface area contributed by atoms with Crippen LogP contribution in [0.3, 0.4) is 0 Å². The first-order valence-corrected chi connectivity index (χ1v) is 10.2. The Kier molecular flexibility index (Phi) is 5.09. The topological polar surface area (TPSA) is 50.2 Å². The van der Waals surface area contributed by atoms with Crippen LogP contribution in [0, 0.1) is 0 Å². The Hall–Kier alpha value is -2.44. The maximum atomic E-state index is 13.0. The Bertz CT molecular complexity index is 898. The van der Waals surface area contributed by atoms with E-state index < -0.39 is 0 Å². The Morgan fingerprint density at radius 1 is 1.30 bits per heavy atom. The largest absolute Gasteiger partial charge is 0.349 e. The monoisotopic (exact) mass is 380 g/mol. The molecule has 0 aliphatic heterocycles. The van der Waals surface area contributed by atoms with E-state index in [0.717, 1.165) is 24.2 Å². The molecule has 0 spiro atoms. The molecule has 4 rings (SSSR count). The van der Waals surface area contributed by atoms with Crippen LogP contribution in [0.25, 0.3) is 5.69 Å². The lowest BCUT2D eigenvalue weighted by Gasteiger charge is -2.24. The van der Waals surface area contributed by atoms with E-state index in [0.29, 0.717) is 18.2 Å². The van der Waals surface area contributed by atoms with Crippen molar-refractivity contribution in [3.63, 3.8) is 0 Å². The molecule has 2 aromatic heterocycles. The van der Waals surface area contributed by atoms with Crippen LogP contribution in [0.1, 0.15) is 46.5 Å². The lowest BCUT2D eigenvalue weighted by molar-refractivity contribution is 0.0934. The molecule has 2 heterocycles. The van der Waals surface area contributed by atoms with Gasteiger partial charge in [0.05, 0.1) is 17.4 Å². The van der Waals surface area contributed by atoms with Crippen molar-refractivity contribution in [1.29, 1.82) is 0 Å².